The van der Waals surface area contributed by atoms with Crippen LogP contribution in [0.2, 0.25) is 0 Å². The molecule has 3 rings (SSSR count). The van der Waals surface area contributed by atoms with Crippen molar-refractivity contribution < 1.29 is 19.1 Å². The molecule has 0 N–H and O–H groups in total. The molecule has 1 aromatic rings. The van der Waals surface area contributed by atoms with E-state index in [0.717, 1.165) is 42.7 Å². The van der Waals surface area contributed by atoms with Crippen LogP contribution in [0.25, 0.3) is 0 Å². The summed E-state index contributed by atoms with van der Waals surface area (Å²) in [5, 5.41) is 0. The van der Waals surface area contributed by atoms with Gasteiger partial charge < -0.3 is 19.3 Å². The van der Waals surface area contributed by atoms with Crippen LogP contribution in [0.4, 0.5) is 0 Å². The number of hydrogen-bond donors (Lipinski definition) is 0. The number of methoxy groups -OCH3 is 2. The van der Waals surface area contributed by atoms with Gasteiger partial charge in [-0.15, -0.1) is 0 Å². The average molecular weight is 360 g/mol. The van der Waals surface area contributed by atoms with E-state index < -0.39 is 0 Å². The lowest BCUT2D eigenvalue weighted by Crippen LogP contribution is -2.38. The van der Waals surface area contributed by atoms with Crippen molar-refractivity contribution in [2.45, 2.75) is 32.6 Å². The SMILES string of the molecule is COc1ccc(CC(=O)N2CCCN(C(=O)C3CC3)CC2)c(OC)c1C. The maximum absolute atomic E-state index is 12.8. The first-order chi connectivity index (χ1) is 12.5. The molecule has 2 fully saturated rings. The number of carbonyl (C=O) groups excluding carboxylic acids is 2. The van der Waals surface area contributed by atoms with Crippen LogP contribution < -0.4 is 9.47 Å². The molecule has 1 aliphatic carbocycles. The summed E-state index contributed by atoms with van der Waals surface area (Å²) in [6.45, 7) is 4.63. The summed E-state index contributed by atoms with van der Waals surface area (Å²) in [4.78, 5) is 28.9. The van der Waals surface area contributed by atoms with E-state index in [2.05, 4.69) is 0 Å². The summed E-state index contributed by atoms with van der Waals surface area (Å²) in [6, 6.07) is 3.77. The van der Waals surface area contributed by atoms with Crippen molar-refractivity contribution in [3.05, 3.63) is 23.3 Å². The minimum Gasteiger partial charge on any atom is -0.496 e. The van der Waals surface area contributed by atoms with E-state index in [9.17, 15) is 9.59 Å². The highest BCUT2D eigenvalue weighted by Crippen LogP contribution is 2.32. The van der Waals surface area contributed by atoms with E-state index in [1.54, 1.807) is 14.2 Å². The van der Waals surface area contributed by atoms with Crippen molar-refractivity contribution in [2.24, 2.45) is 5.92 Å². The van der Waals surface area contributed by atoms with Crippen molar-refractivity contribution in [3.8, 4) is 11.5 Å². The van der Waals surface area contributed by atoms with Crippen molar-refractivity contribution in [1.29, 1.82) is 0 Å². The van der Waals surface area contributed by atoms with E-state index in [1.165, 1.54) is 0 Å². The minimum absolute atomic E-state index is 0.0774. The summed E-state index contributed by atoms with van der Waals surface area (Å²) in [6.07, 6.45) is 3.18. The van der Waals surface area contributed by atoms with E-state index in [-0.39, 0.29) is 17.7 Å². The van der Waals surface area contributed by atoms with Crippen LogP contribution >= 0.6 is 0 Å². The predicted octanol–water partition coefficient (Wildman–Crippen LogP) is 2.03. The standard InChI is InChI=1S/C20H28N2O4/c1-14-17(25-2)8-7-16(19(14)26-3)13-18(23)21-9-4-10-22(12-11-21)20(24)15-5-6-15/h7-8,15H,4-6,9-13H2,1-3H3. The van der Waals surface area contributed by atoms with Gasteiger partial charge in [-0.2, -0.15) is 0 Å². The lowest BCUT2D eigenvalue weighted by Gasteiger charge is -2.23. The molecule has 142 valence electrons. The fourth-order valence-electron chi connectivity index (χ4n) is 3.62. The maximum atomic E-state index is 12.8. The quantitative estimate of drug-likeness (QED) is 0.806. The molecule has 6 nitrogen and oxygen atoms in total. The molecule has 6 heteroatoms. The van der Waals surface area contributed by atoms with Gasteiger partial charge in [0, 0.05) is 43.2 Å². The number of benzene rings is 1. The third kappa shape index (κ3) is 3.94. The molecule has 0 bridgehead atoms. The van der Waals surface area contributed by atoms with Gasteiger partial charge in [0.05, 0.1) is 20.6 Å². The Bertz CT molecular complexity index is 685. The smallest absolute Gasteiger partial charge is 0.227 e. The Hall–Kier alpha value is -2.24. The molecule has 2 amide bonds. The minimum atomic E-state index is 0.0774. The average Bonchev–Trinajstić information content (AvgIpc) is 3.48. The van der Waals surface area contributed by atoms with Crippen LogP contribution in [0, 0.1) is 12.8 Å². The summed E-state index contributed by atoms with van der Waals surface area (Å²) in [7, 11) is 3.24. The Kier molecular flexibility index (Phi) is 5.69. The van der Waals surface area contributed by atoms with Gasteiger partial charge in [-0.1, -0.05) is 6.07 Å². The molecule has 0 unspecified atom stereocenters. The van der Waals surface area contributed by atoms with Gasteiger partial charge >= 0.3 is 0 Å². The van der Waals surface area contributed by atoms with E-state index in [0.29, 0.717) is 31.8 Å². The number of hydrogen-bond acceptors (Lipinski definition) is 4. The van der Waals surface area contributed by atoms with E-state index >= 15 is 0 Å². The first-order valence-electron chi connectivity index (χ1n) is 9.32. The molecule has 1 aliphatic heterocycles. The van der Waals surface area contributed by atoms with Crippen molar-refractivity contribution in [1.82, 2.24) is 9.80 Å². The van der Waals surface area contributed by atoms with E-state index in [1.807, 2.05) is 28.9 Å². The largest absolute Gasteiger partial charge is 0.496 e. The molecule has 0 spiro atoms. The van der Waals surface area contributed by atoms with Crippen LogP contribution in [0.1, 0.15) is 30.4 Å². The summed E-state index contributed by atoms with van der Waals surface area (Å²) < 4.78 is 10.8. The van der Waals surface area contributed by atoms with Crippen LogP contribution in [0.15, 0.2) is 12.1 Å². The molecule has 26 heavy (non-hydrogen) atoms. The van der Waals surface area contributed by atoms with Gasteiger partial charge in [-0.3, -0.25) is 9.59 Å². The van der Waals surface area contributed by atoms with Gasteiger partial charge in [0.2, 0.25) is 11.8 Å². The molecule has 1 saturated heterocycles. The second-order valence-corrected chi connectivity index (χ2v) is 7.10. The van der Waals surface area contributed by atoms with E-state index in [4.69, 9.17) is 9.47 Å². The highest BCUT2D eigenvalue weighted by molar-refractivity contribution is 5.82. The van der Waals surface area contributed by atoms with Crippen molar-refractivity contribution >= 4 is 11.8 Å². The summed E-state index contributed by atoms with van der Waals surface area (Å²) >= 11 is 0. The molecule has 1 heterocycles. The van der Waals surface area contributed by atoms with Crippen molar-refractivity contribution in [2.75, 3.05) is 40.4 Å². The second-order valence-electron chi connectivity index (χ2n) is 7.10. The monoisotopic (exact) mass is 360 g/mol. The second kappa shape index (κ2) is 7.98. The number of rotatable bonds is 5. The Morgan fingerprint density at radius 3 is 2.38 bits per heavy atom. The topological polar surface area (TPSA) is 59.1 Å². The lowest BCUT2D eigenvalue weighted by molar-refractivity contribution is -0.134. The normalized spacial score (nSPS) is 17.7. The first-order valence-corrected chi connectivity index (χ1v) is 9.32. The Labute approximate surface area is 155 Å². The Morgan fingerprint density at radius 1 is 1.04 bits per heavy atom. The molecule has 2 aliphatic rings. The summed E-state index contributed by atoms with van der Waals surface area (Å²) in [5.41, 5.74) is 1.77. The Balaban J connectivity index is 1.64. The fourth-order valence-corrected chi connectivity index (χ4v) is 3.62. The number of ether oxygens (including phenoxy) is 2. The molecular weight excluding hydrogens is 332 g/mol. The zero-order chi connectivity index (χ0) is 18.7. The molecule has 0 radical (unpaired) electrons. The lowest BCUT2D eigenvalue weighted by atomic mass is 10.0. The van der Waals surface area contributed by atoms with Gasteiger partial charge in [-0.25, -0.2) is 0 Å². The highest BCUT2D eigenvalue weighted by atomic mass is 16.5. The van der Waals surface area contributed by atoms with Crippen LogP contribution in [0.3, 0.4) is 0 Å². The van der Waals surface area contributed by atoms with Crippen molar-refractivity contribution in [3.63, 3.8) is 0 Å². The molecule has 0 aromatic heterocycles. The van der Waals surface area contributed by atoms with Gasteiger partial charge in [-0.05, 0) is 32.3 Å². The highest BCUT2D eigenvalue weighted by Gasteiger charge is 2.34. The van der Waals surface area contributed by atoms with Gasteiger partial charge in [0.25, 0.3) is 0 Å². The predicted molar refractivity (Wildman–Crippen MR) is 98.5 cm³/mol. The van der Waals surface area contributed by atoms with Crippen LogP contribution in [0.5, 0.6) is 11.5 Å². The van der Waals surface area contributed by atoms with Gasteiger partial charge in [0.15, 0.2) is 0 Å². The molecular formula is C20H28N2O4. The third-order valence-corrected chi connectivity index (χ3v) is 5.29. The van der Waals surface area contributed by atoms with Crippen LogP contribution in [-0.2, 0) is 16.0 Å². The number of carbonyl (C=O) groups is 2. The zero-order valence-electron chi connectivity index (χ0n) is 15.9. The molecule has 0 atom stereocenters. The number of amides is 2. The van der Waals surface area contributed by atoms with Crippen LogP contribution in [-0.4, -0.2) is 62.0 Å². The Morgan fingerprint density at radius 2 is 1.73 bits per heavy atom. The molecule has 1 aromatic carbocycles. The zero-order valence-corrected chi connectivity index (χ0v) is 15.9. The molecule has 1 saturated carbocycles. The third-order valence-electron chi connectivity index (χ3n) is 5.29. The fraction of sp³-hybridized carbons (Fsp3) is 0.600. The van der Waals surface area contributed by atoms with Gasteiger partial charge in [0.1, 0.15) is 11.5 Å². The summed E-state index contributed by atoms with van der Waals surface area (Å²) in [5.74, 6) is 2.05. The first kappa shape index (κ1) is 18.5. The number of nitrogens with zero attached hydrogens (tertiary/aromatic N) is 2. The maximum Gasteiger partial charge on any atom is 0.227 e.